The van der Waals surface area contributed by atoms with Gasteiger partial charge in [0.15, 0.2) is 16.6 Å². The highest BCUT2D eigenvalue weighted by molar-refractivity contribution is 7.98. The number of hydrogen-bond acceptors (Lipinski definition) is 5. The number of H-pyrrole nitrogens is 1. The number of nitrogens with one attached hydrogen (secondary N) is 2. The second-order valence-electron chi connectivity index (χ2n) is 6.73. The number of aromatic nitrogens is 5. The van der Waals surface area contributed by atoms with Crippen LogP contribution in [0, 0.1) is 0 Å². The molecule has 0 spiro atoms. The van der Waals surface area contributed by atoms with Gasteiger partial charge in [0.25, 0.3) is 5.91 Å². The number of carbonyl (C=O) groups is 1. The maximum Gasteiger partial charge on any atom is 0.251 e. The molecular formula is C22H18N6OS. The number of benzene rings is 2. The van der Waals surface area contributed by atoms with Crippen LogP contribution >= 0.6 is 11.8 Å². The van der Waals surface area contributed by atoms with Crippen molar-refractivity contribution in [2.75, 3.05) is 0 Å². The van der Waals surface area contributed by atoms with Gasteiger partial charge in [-0.3, -0.25) is 9.20 Å². The first-order valence-corrected chi connectivity index (χ1v) is 10.5. The number of rotatable bonds is 6. The predicted octanol–water partition coefficient (Wildman–Crippen LogP) is 3.83. The van der Waals surface area contributed by atoms with Gasteiger partial charge in [-0.1, -0.05) is 48.2 Å². The van der Waals surface area contributed by atoms with Crippen LogP contribution in [-0.2, 0) is 12.3 Å². The Morgan fingerprint density at radius 2 is 1.83 bits per heavy atom. The first kappa shape index (κ1) is 18.4. The largest absolute Gasteiger partial charge is 0.345 e. The van der Waals surface area contributed by atoms with E-state index in [1.54, 1.807) is 11.8 Å². The lowest BCUT2D eigenvalue weighted by Gasteiger charge is -2.09. The molecule has 3 aromatic heterocycles. The van der Waals surface area contributed by atoms with E-state index in [-0.39, 0.29) is 5.91 Å². The maximum atomic E-state index is 12.8. The summed E-state index contributed by atoms with van der Waals surface area (Å²) in [6, 6.07) is 21.2. The van der Waals surface area contributed by atoms with E-state index in [2.05, 4.69) is 25.5 Å². The van der Waals surface area contributed by atoms with Crippen LogP contribution in [0.4, 0.5) is 0 Å². The van der Waals surface area contributed by atoms with Gasteiger partial charge in [-0.25, -0.2) is 4.98 Å². The number of thioether (sulfide) groups is 1. The SMILES string of the molecule is O=C(NCc1nnc2ccccn12)c1ccccc1CSc1nc2ccccc2[nH]1. The monoisotopic (exact) mass is 414 g/mol. The normalized spacial score (nSPS) is 11.2. The summed E-state index contributed by atoms with van der Waals surface area (Å²) < 4.78 is 1.86. The molecule has 2 aromatic carbocycles. The van der Waals surface area contributed by atoms with Crippen LogP contribution in [-0.4, -0.2) is 30.5 Å². The summed E-state index contributed by atoms with van der Waals surface area (Å²) in [6.45, 7) is 0.301. The molecule has 0 aliphatic carbocycles. The molecule has 1 amide bonds. The van der Waals surface area contributed by atoms with Crippen molar-refractivity contribution in [3.05, 3.63) is 89.9 Å². The van der Waals surface area contributed by atoms with Gasteiger partial charge in [-0.2, -0.15) is 0 Å². The zero-order chi connectivity index (χ0) is 20.3. The third kappa shape index (κ3) is 3.65. The van der Waals surface area contributed by atoms with E-state index in [9.17, 15) is 4.79 Å². The molecule has 0 radical (unpaired) electrons. The summed E-state index contributed by atoms with van der Waals surface area (Å²) in [6.07, 6.45) is 1.88. The van der Waals surface area contributed by atoms with Gasteiger partial charge in [-0.05, 0) is 35.9 Å². The lowest BCUT2D eigenvalue weighted by Crippen LogP contribution is -2.25. The predicted molar refractivity (Wildman–Crippen MR) is 116 cm³/mol. The third-order valence-electron chi connectivity index (χ3n) is 4.79. The van der Waals surface area contributed by atoms with Crippen LogP contribution in [0.3, 0.4) is 0 Å². The molecule has 0 saturated carbocycles. The zero-order valence-corrected chi connectivity index (χ0v) is 16.8. The van der Waals surface area contributed by atoms with Crippen molar-refractivity contribution >= 4 is 34.3 Å². The van der Waals surface area contributed by atoms with Gasteiger partial charge < -0.3 is 10.3 Å². The summed E-state index contributed by atoms with van der Waals surface area (Å²) in [4.78, 5) is 20.7. The fraction of sp³-hybridized carbons (Fsp3) is 0.0909. The lowest BCUT2D eigenvalue weighted by atomic mass is 10.1. The van der Waals surface area contributed by atoms with Crippen LogP contribution in [0.2, 0.25) is 0 Å². The van der Waals surface area contributed by atoms with Gasteiger partial charge in [-0.15, -0.1) is 10.2 Å². The molecule has 5 rings (SSSR count). The highest BCUT2D eigenvalue weighted by atomic mass is 32.2. The van der Waals surface area contributed by atoms with Crippen molar-refractivity contribution in [1.29, 1.82) is 0 Å². The van der Waals surface area contributed by atoms with E-state index in [0.717, 1.165) is 27.4 Å². The van der Waals surface area contributed by atoms with E-state index >= 15 is 0 Å². The van der Waals surface area contributed by atoms with E-state index in [4.69, 9.17) is 0 Å². The number of carbonyl (C=O) groups excluding carboxylic acids is 1. The number of amides is 1. The minimum atomic E-state index is -0.136. The highest BCUT2D eigenvalue weighted by Gasteiger charge is 2.13. The molecule has 5 aromatic rings. The average Bonchev–Trinajstić information content (AvgIpc) is 3.40. The van der Waals surface area contributed by atoms with Crippen LogP contribution < -0.4 is 5.32 Å². The number of para-hydroxylation sites is 2. The Kier molecular flexibility index (Phi) is 4.90. The Balaban J connectivity index is 1.29. The van der Waals surface area contributed by atoms with Crippen LogP contribution in [0.25, 0.3) is 16.7 Å². The minimum Gasteiger partial charge on any atom is -0.345 e. The Bertz CT molecular complexity index is 1310. The van der Waals surface area contributed by atoms with Gasteiger partial charge in [0.2, 0.25) is 0 Å². The second-order valence-corrected chi connectivity index (χ2v) is 7.70. The Hall–Kier alpha value is -3.65. The van der Waals surface area contributed by atoms with Crippen molar-refractivity contribution in [2.45, 2.75) is 17.5 Å². The molecule has 7 nitrogen and oxygen atoms in total. The van der Waals surface area contributed by atoms with E-state index in [1.165, 1.54) is 0 Å². The van der Waals surface area contributed by atoms with Gasteiger partial charge in [0.05, 0.1) is 17.6 Å². The van der Waals surface area contributed by atoms with Gasteiger partial charge >= 0.3 is 0 Å². The van der Waals surface area contributed by atoms with Crippen molar-refractivity contribution in [3.8, 4) is 0 Å². The molecule has 0 bridgehead atoms. The molecule has 0 fully saturated rings. The number of hydrogen-bond donors (Lipinski definition) is 2. The Morgan fingerprint density at radius 1 is 1.00 bits per heavy atom. The number of nitrogens with zero attached hydrogens (tertiary/aromatic N) is 4. The molecule has 8 heteroatoms. The van der Waals surface area contributed by atoms with Crippen LogP contribution in [0.5, 0.6) is 0 Å². The summed E-state index contributed by atoms with van der Waals surface area (Å²) in [7, 11) is 0. The summed E-state index contributed by atoms with van der Waals surface area (Å²) in [5.74, 6) is 1.19. The van der Waals surface area contributed by atoms with Crippen molar-refractivity contribution in [1.82, 2.24) is 29.9 Å². The first-order valence-electron chi connectivity index (χ1n) is 9.50. The average molecular weight is 414 g/mol. The van der Waals surface area contributed by atoms with Crippen molar-refractivity contribution in [3.63, 3.8) is 0 Å². The van der Waals surface area contributed by atoms with Crippen molar-refractivity contribution in [2.24, 2.45) is 0 Å². The van der Waals surface area contributed by atoms with Crippen LogP contribution in [0.1, 0.15) is 21.7 Å². The van der Waals surface area contributed by atoms with Crippen molar-refractivity contribution < 1.29 is 4.79 Å². The minimum absolute atomic E-state index is 0.136. The number of fused-ring (bicyclic) bond motifs is 2. The first-order chi connectivity index (χ1) is 14.8. The zero-order valence-electron chi connectivity index (χ0n) is 15.9. The molecule has 0 unspecified atom stereocenters. The molecule has 0 aliphatic heterocycles. The maximum absolute atomic E-state index is 12.8. The topological polar surface area (TPSA) is 88.0 Å². The van der Waals surface area contributed by atoms with Gasteiger partial charge in [0.1, 0.15) is 0 Å². The highest BCUT2D eigenvalue weighted by Crippen LogP contribution is 2.24. The van der Waals surface area contributed by atoms with E-state index in [1.807, 2.05) is 77.3 Å². The lowest BCUT2D eigenvalue weighted by molar-refractivity contribution is 0.0949. The quantitative estimate of drug-likeness (QED) is 0.412. The molecule has 148 valence electrons. The molecule has 0 saturated heterocycles. The van der Waals surface area contributed by atoms with E-state index in [0.29, 0.717) is 23.7 Å². The fourth-order valence-corrected chi connectivity index (χ4v) is 4.17. The van der Waals surface area contributed by atoms with Gasteiger partial charge in [0, 0.05) is 17.5 Å². The Morgan fingerprint density at radius 3 is 2.77 bits per heavy atom. The smallest absolute Gasteiger partial charge is 0.251 e. The molecule has 2 N–H and O–H groups in total. The Labute approximate surface area is 176 Å². The molecule has 0 atom stereocenters. The van der Waals surface area contributed by atoms with E-state index < -0.39 is 0 Å². The molecule has 0 aliphatic rings. The molecule has 3 heterocycles. The summed E-state index contributed by atoms with van der Waals surface area (Å²) in [5.41, 5.74) is 4.30. The number of imidazole rings is 1. The fourth-order valence-electron chi connectivity index (χ4n) is 3.28. The summed E-state index contributed by atoms with van der Waals surface area (Å²) in [5, 5.41) is 12.1. The molecule has 30 heavy (non-hydrogen) atoms. The van der Waals surface area contributed by atoms with Crippen LogP contribution in [0.15, 0.2) is 78.1 Å². The standard InChI is InChI=1S/C22H18N6OS/c29-21(23-13-20-27-26-19-11-5-6-12-28(19)20)16-8-2-1-7-15(16)14-30-22-24-17-9-3-4-10-18(17)25-22/h1-12H,13-14H2,(H,23,29)(H,24,25). The summed E-state index contributed by atoms with van der Waals surface area (Å²) >= 11 is 1.58. The second kappa shape index (κ2) is 8.00. The molecular weight excluding hydrogens is 396 g/mol. The third-order valence-corrected chi connectivity index (χ3v) is 5.71. The number of aromatic amines is 1. The number of pyridine rings is 1.